The molecule has 1 aromatic heterocycles. The third-order valence-corrected chi connectivity index (χ3v) is 2.93. The molecule has 84 valence electrons. The van der Waals surface area contributed by atoms with Crippen molar-refractivity contribution < 1.29 is 4.79 Å². The number of likely N-dealkylation sites (N-methyl/N-ethyl adjacent to an activating group) is 1. The molecule has 0 aliphatic heterocycles. The molecule has 0 aliphatic rings. The lowest BCUT2D eigenvalue weighted by Gasteiger charge is -2.13. The van der Waals surface area contributed by atoms with Gasteiger partial charge in [-0.05, 0) is 13.3 Å². The summed E-state index contributed by atoms with van der Waals surface area (Å²) in [4.78, 5) is 15.5. The van der Waals surface area contributed by atoms with Crippen LogP contribution in [-0.4, -0.2) is 24.0 Å². The lowest BCUT2D eigenvalue weighted by Crippen LogP contribution is -2.35. The van der Waals surface area contributed by atoms with Crippen molar-refractivity contribution in [1.29, 1.82) is 0 Å². The molecule has 0 aliphatic carbocycles. The molecular formula is C10H17N3OS. The fourth-order valence-electron chi connectivity index (χ4n) is 1.29. The van der Waals surface area contributed by atoms with Crippen LogP contribution in [0.3, 0.4) is 0 Å². The Morgan fingerprint density at radius 1 is 1.60 bits per heavy atom. The maximum Gasteiger partial charge on any atom is 0.233 e. The quantitative estimate of drug-likeness (QED) is 0.770. The molecule has 0 aromatic carbocycles. The van der Waals surface area contributed by atoms with E-state index in [9.17, 15) is 4.79 Å². The largest absolute Gasteiger partial charge is 0.355 e. The maximum atomic E-state index is 11.2. The lowest BCUT2D eigenvalue weighted by atomic mass is 10.2. The van der Waals surface area contributed by atoms with Crippen molar-refractivity contribution in [3.63, 3.8) is 0 Å². The van der Waals surface area contributed by atoms with E-state index in [1.807, 2.05) is 12.3 Å². The number of carbonyl (C=O) groups excluding carboxylic acids is 1. The molecule has 1 amide bonds. The number of nitrogens with zero attached hydrogens (tertiary/aromatic N) is 1. The van der Waals surface area contributed by atoms with E-state index in [4.69, 9.17) is 0 Å². The van der Waals surface area contributed by atoms with Crippen molar-refractivity contribution in [3.05, 3.63) is 16.6 Å². The van der Waals surface area contributed by atoms with Crippen LogP contribution in [0.2, 0.25) is 0 Å². The van der Waals surface area contributed by atoms with Crippen molar-refractivity contribution >= 4 is 17.2 Å². The first-order valence-corrected chi connectivity index (χ1v) is 6.05. The summed E-state index contributed by atoms with van der Waals surface area (Å²) < 4.78 is 0. The minimum atomic E-state index is 0.0347. The Morgan fingerprint density at radius 2 is 2.40 bits per heavy atom. The van der Waals surface area contributed by atoms with E-state index in [1.165, 1.54) is 0 Å². The second-order valence-corrected chi connectivity index (χ2v) is 4.09. The van der Waals surface area contributed by atoms with Gasteiger partial charge in [-0.25, -0.2) is 4.98 Å². The van der Waals surface area contributed by atoms with Gasteiger partial charge in [-0.2, -0.15) is 0 Å². The molecule has 15 heavy (non-hydrogen) atoms. The van der Waals surface area contributed by atoms with Crippen LogP contribution in [0.25, 0.3) is 0 Å². The summed E-state index contributed by atoms with van der Waals surface area (Å²) in [6.45, 7) is 5.02. The molecule has 0 saturated heterocycles. The van der Waals surface area contributed by atoms with Gasteiger partial charge >= 0.3 is 0 Å². The minimum Gasteiger partial charge on any atom is -0.355 e. The van der Waals surface area contributed by atoms with Crippen LogP contribution >= 0.6 is 11.3 Å². The predicted molar refractivity (Wildman–Crippen MR) is 61.8 cm³/mol. The molecule has 0 fully saturated rings. The van der Waals surface area contributed by atoms with E-state index >= 15 is 0 Å². The van der Waals surface area contributed by atoms with Gasteiger partial charge in [-0.15, -0.1) is 11.3 Å². The van der Waals surface area contributed by atoms with Crippen LogP contribution in [0.4, 0.5) is 0 Å². The summed E-state index contributed by atoms with van der Waals surface area (Å²) in [5, 5.41) is 8.94. The third kappa shape index (κ3) is 3.97. The van der Waals surface area contributed by atoms with E-state index < -0.39 is 0 Å². The standard InChI is InChI=1S/C10H17N3OS/c1-3-8(10-12-5-6-15-10)13-7-9(14)11-4-2/h5-6,8,13H,3-4,7H2,1-2H3,(H,11,14). The number of thiazole rings is 1. The highest BCUT2D eigenvalue weighted by atomic mass is 32.1. The van der Waals surface area contributed by atoms with Gasteiger partial charge in [0.25, 0.3) is 0 Å². The molecule has 1 rings (SSSR count). The topological polar surface area (TPSA) is 54.0 Å². The molecule has 0 saturated carbocycles. The van der Waals surface area contributed by atoms with Crippen molar-refractivity contribution in [2.75, 3.05) is 13.1 Å². The van der Waals surface area contributed by atoms with Crippen LogP contribution in [0.5, 0.6) is 0 Å². The van der Waals surface area contributed by atoms with Gasteiger partial charge in [0.2, 0.25) is 5.91 Å². The number of aromatic nitrogens is 1. The van der Waals surface area contributed by atoms with E-state index in [-0.39, 0.29) is 11.9 Å². The highest BCUT2D eigenvalue weighted by Gasteiger charge is 2.12. The summed E-state index contributed by atoms with van der Waals surface area (Å²) in [7, 11) is 0. The average Bonchev–Trinajstić information content (AvgIpc) is 2.72. The summed E-state index contributed by atoms with van der Waals surface area (Å²) >= 11 is 1.62. The second-order valence-electron chi connectivity index (χ2n) is 3.17. The van der Waals surface area contributed by atoms with Crippen molar-refractivity contribution in [1.82, 2.24) is 15.6 Å². The van der Waals surface area contributed by atoms with Gasteiger partial charge in [0.15, 0.2) is 0 Å². The first-order chi connectivity index (χ1) is 7.27. The zero-order chi connectivity index (χ0) is 11.1. The highest BCUT2D eigenvalue weighted by molar-refractivity contribution is 7.09. The Kier molecular flexibility index (Phi) is 5.28. The summed E-state index contributed by atoms with van der Waals surface area (Å²) in [5.41, 5.74) is 0. The Morgan fingerprint density at radius 3 is 2.93 bits per heavy atom. The first kappa shape index (κ1) is 12.1. The van der Waals surface area contributed by atoms with Gasteiger partial charge in [-0.3, -0.25) is 10.1 Å². The number of hydrogen-bond acceptors (Lipinski definition) is 4. The molecule has 1 atom stereocenters. The number of nitrogens with one attached hydrogen (secondary N) is 2. The summed E-state index contributed by atoms with van der Waals surface area (Å²) in [6, 6.07) is 0.188. The predicted octanol–water partition coefficient (Wildman–Crippen LogP) is 1.32. The second kappa shape index (κ2) is 6.53. The average molecular weight is 227 g/mol. The van der Waals surface area contributed by atoms with Crippen molar-refractivity contribution in [2.45, 2.75) is 26.3 Å². The first-order valence-electron chi connectivity index (χ1n) is 5.17. The molecule has 5 heteroatoms. The minimum absolute atomic E-state index is 0.0347. The van der Waals surface area contributed by atoms with E-state index in [2.05, 4.69) is 22.5 Å². The molecule has 0 bridgehead atoms. The normalized spacial score (nSPS) is 12.4. The SMILES string of the molecule is CCNC(=O)CNC(CC)c1nccs1. The van der Waals surface area contributed by atoms with E-state index in [1.54, 1.807) is 17.5 Å². The summed E-state index contributed by atoms with van der Waals surface area (Å²) in [6.07, 6.45) is 2.73. The number of amides is 1. The van der Waals surface area contributed by atoms with Gasteiger partial charge in [-0.1, -0.05) is 6.92 Å². The van der Waals surface area contributed by atoms with E-state index in [0.29, 0.717) is 13.1 Å². The fourth-order valence-corrected chi connectivity index (χ4v) is 2.09. The van der Waals surface area contributed by atoms with Crippen LogP contribution < -0.4 is 10.6 Å². The monoisotopic (exact) mass is 227 g/mol. The zero-order valence-electron chi connectivity index (χ0n) is 9.12. The Balaban J connectivity index is 2.38. The molecule has 1 aromatic rings. The molecule has 0 radical (unpaired) electrons. The molecule has 1 heterocycles. The Labute approximate surface area is 94.1 Å². The number of carbonyl (C=O) groups is 1. The van der Waals surface area contributed by atoms with Crippen molar-refractivity contribution in [2.24, 2.45) is 0 Å². The van der Waals surface area contributed by atoms with Gasteiger partial charge < -0.3 is 5.32 Å². The molecular weight excluding hydrogens is 210 g/mol. The molecule has 1 unspecified atom stereocenters. The van der Waals surface area contributed by atoms with E-state index in [0.717, 1.165) is 11.4 Å². The van der Waals surface area contributed by atoms with Crippen LogP contribution in [-0.2, 0) is 4.79 Å². The van der Waals surface area contributed by atoms with Crippen molar-refractivity contribution in [3.8, 4) is 0 Å². The molecule has 4 nitrogen and oxygen atoms in total. The smallest absolute Gasteiger partial charge is 0.233 e. The van der Waals surface area contributed by atoms with Gasteiger partial charge in [0.1, 0.15) is 5.01 Å². The van der Waals surface area contributed by atoms with Gasteiger partial charge in [0, 0.05) is 18.1 Å². The molecule has 2 N–H and O–H groups in total. The number of rotatable bonds is 6. The highest BCUT2D eigenvalue weighted by Crippen LogP contribution is 2.17. The van der Waals surface area contributed by atoms with Gasteiger partial charge in [0.05, 0.1) is 12.6 Å². The fraction of sp³-hybridized carbons (Fsp3) is 0.600. The Bertz CT molecular complexity index is 287. The summed E-state index contributed by atoms with van der Waals surface area (Å²) in [5.74, 6) is 0.0347. The van der Waals surface area contributed by atoms with Crippen LogP contribution in [0.1, 0.15) is 31.3 Å². The third-order valence-electron chi connectivity index (χ3n) is 2.04. The zero-order valence-corrected chi connectivity index (χ0v) is 9.93. The van der Waals surface area contributed by atoms with Crippen LogP contribution in [0, 0.1) is 0 Å². The lowest BCUT2D eigenvalue weighted by molar-refractivity contribution is -0.120. The molecule has 0 spiro atoms. The van der Waals surface area contributed by atoms with Crippen LogP contribution in [0.15, 0.2) is 11.6 Å². The maximum absolute atomic E-state index is 11.2. The number of hydrogen-bond donors (Lipinski definition) is 2. The Hall–Kier alpha value is -0.940.